The van der Waals surface area contributed by atoms with E-state index in [9.17, 15) is 4.79 Å². The van der Waals surface area contributed by atoms with Gasteiger partial charge in [0.05, 0.1) is 5.69 Å². The van der Waals surface area contributed by atoms with Gasteiger partial charge < -0.3 is 0 Å². The number of nitrogens with one attached hydrogen (secondary N) is 2. The molecule has 0 saturated heterocycles. The molecule has 0 amide bonds. The van der Waals surface area contributed by atoms with Gasteiger partial charge in [-0.3, -0.25) is 15.0 Å². The fourth-order valence-electron chi connectivity index (χ4n) is 1.77. The highest BCUT2D eigenvalue weighted by Crippen LogP contribution is 2.25. The molecule has 0 bridgehead atoms. The minimum atomic E-state index is -0.0932. The van der Waals surface area contributed by atoms with Gasteiger partial charge in [-0.2, -0.15) is 0 Å². The number of hydrogen-bond donors (Lipinski definition) is 2. The van der Waals surface area contributed by atoms with E-state index in [1.165, 1.54) is 11.1 Å². The molecule has 0 unspecified atom stereocenters. The highest BCUT2D eigenvalue weighted by Gasteiger charge is 2.07. The molecule has 3 nitrogen and oxygen atoms in total. The van der Waals surface area contributed by atoms with Gasteiger partial charge in [-0.05, 0) is 30.0 Å². The second-order valence-electron chi connectivity index (χ2n) is 4.40. The fourth-order valence-corrected chi connectivity index (χ4v) is 1.77. The van der Waals surface area contributed by atoms with Crippen molar-refractivity contribution < 1.29 is 0 Å². The first-order valence-corrected chi connectivity index (χ1v) is 5.46. The average molecular weight is 216 g/mol. The zero-order valence-electron chi connectivity index (χ0n) is 9.79. The summed E-state index contributed by atoms with van der Waals surface area (Å²) in [6.07, 6.45) is 0. The Morgan fingerprint density at radius 2 is 1.88 bits per heavy atom. The van der Waals surface area contributed by atoms with Gasteiger partial charge >= 0.3 is 0 Å². The van der Waals surface area contributed by atoms with E-state index in [0.717, 1.165) is 11.3 Å². The maximum absolute atomic E-state index is 11.1. The zero-order chi connectivity index (χ0) is 11.7. The molecule has 2 aromatic rings. The second kappa shape index (κ2) is 4.00. The van der Waals surface area contributed by atoms with Crippen molar-refractivity contribution >= 4 is 0 Å². The Bertz CT molecular complexity index is 549. The van der Waals surface area contributed by atoms with Gasteiger partial charge in [0, 0.05) is 11.6 Å². The molecule has 0 fully saturated rings. The van der Waals surface area contributed by atoms with Crippen LogP contribution in [0.4, 0.5) is 0 Å². The van der Waals surface area contributed by atoms with E-state index < -0.39 is 0 Å². The number of aryl methyl sites for hydroxylation is 1. The van der Waals surface area contributed by atoms with Crippen LogP contribution in [0.15, 0.2) is 29.1 Å². The Hall–Kier alpha value is -1.77. The number of hydrogen-bond acceptors (Lipinski definition) is 1. The van der Waals surface area contributed by atoms with E-state index in [2.05, 4.69) is 42.2 Å². The van der Waals surface area contributed by atoms with Crippen molar-refractivity contribution in [2.75, 3.05) is 0 Å². The van der Waals surface area contributed by atoms with Crippen LogP contribution in [0.1, 0.15) is 30.9 Å². The first-order valence-electron chi connectivity index (χ1n) is 5.46. The molecule has 84 valence electrons. The van der Waals surface area contributed by atoms with Crippen molar-refractivity contribution in [1.82, 2.24) is 10.2 Å². The Labute approximate surface area is 94.5 Å². The number of rotatable bonds is 2. The lowest BCUT2D eigenvalue weighted by molar-refractivity contribution is 0.866. The van der Waals surface area contributed by atoms with E-state index in [0.29, 0.717) is 5.92 Å². The molecule has 1 aromatic heterocycles. The van der Waals surface area contributed by atoms with Gasteiger partial charge in [0.15, 0.2) is 0 Å². The van der Waals surface area contributed by atoms with Crippen LogP contribution in [0.25, 0.3) is 11.3 Å². The molecule has 16 heavy (non-hydrogen) atoms. The first-order chi connectivity index (χ1) is 7.58. The minimum Gasteiger partial charge on any atom is -0.298 e. The van der Waals surface area contributed by atoms with Crippen LogP contribution in [-0.4, -0.2) is 10.2 Å². The number of benzene rings is 1. The Morgan fingerprint density at radius 3 is 2.44 bits per heavy atom. The highest BCUT2D eigenvalue weighted by atomic mass is 16.1. The maximum Gasteiger partial charge on any atom is 0.264 e. The molecule has 2 rings (SSSR count). The zero-order valence-corrected chi connectivity index (χ0v) is 9.79. The topological polar surface area (TPSA) is 48.6 Å². The summed E-state index contributed by atoms with van der Waals surface area (Å²) in [4.78, 5) is 11.1. The molecular formula is C13H16N2O. The van der Waals surface area contributed by atoms with Gasteiger partial charge in [-0.15, -0.1) is 0 Å². The molecule has 1 heterocycles. The summed E-state index contributed by atoms with van der Waals surface area (Å²) < 4.78 is 0. The van der Waals surface area contributed by atoms with E-state index in [4.69, 9.17) is 0 Å². The van der Waals surface area contributed by atoms with E-state index in [1.54, 1.807) is 6.07 Å². The first kappa shape index (κ1) is 10.7. The molecule has 0 saturated carbocycles. The summed E-state index contributed by atoms with van der Waals surface area (Å²) in [5, 5.41) is 5.45. The number of aromatic nitrogens is 2. The monoisotopic (exact) mass is 216 g/mol. The molecule has 2 N–H and O–H groups in total. The van der Waals surface area contributed by atoms with Crippen LogP contribution in [-0.2, 0) is 0 Å². The van der Waals surface area contributed by atoms with Crippen LogP contribution in [0.5, 0.6) is 0 Å². The third-order valence-corrected chi connectivity index (χ3v) is 2.81. The van der Waals surface area contributed by atoms with Crippen LogP contribution in [0.2, 0.25) is 0 Å². The quantitative estimate of drug-likeness (QED) is 0.796. The third-order valence-electron chi connectivity index (χ3n) is 2.81. The van der Waals surface area contributed by atoms with Crippen molar-refractivity contribution in [2.24, 2.45) is 0 Å². The molecule has 0 aliphatic heterocycles. The van der Waals surface area contributed by atoms with Crippen molar-refractivity contribution in [1.29, 1.82) is 0 Å². The van der Waals surface area contributed by atoms with Crippen molar-refractivity contribution in [3.8, 4) is 11.3 Å². The molecule has 0 aliphatic carbocycles. The molecule has 0 spiro atoms. The lowest BCUT2D eigenvalue weighted by Gasteiger charge is -2.09. The fraction of sp³-hybridized carbons (Fsp3) is 0.308. The lowest BCUT2D eigenvalue weighted by atomic mass is 9.96. The van der Waals surface area contributed by atoms with Gasteiger partial charge in [-0.1, -0.05) is 26.0 Å². The summed E-state index contributed by atoms with van der Waals surface area (Å²) >= 11 is 0. The normalized spacial score (nSPS) is 11.0. The predicted molar refractivity (Wildman–Crippen MR) is 65.7 cm³/mol. The summed E-state index contributed by atoms with van der Waals surface area (Å²) in [5.74, 6) is 0.491. The van der Waals surface area contributed by atoms with Gasteiger partial charge in [-0.25, -0.2) is 0 Å². The lowest BCUT2D eigenvalue weighted by Crippen LogP contribution is -1.93. The smallest absolute Gasteiger partial charge is 0.264 e. The van der Waals surface area contributed by atoms with E-state index in [1.807, 2.05) is 6.92 Å². The van der Waals surface area contributed by atoms with Crippen molar-refractivity contribution in [2.45, 2.75) is 26.7 Å². The van der Waals surface area contributed by atoms with Crippen molar-refractivity contribution in [3.05, 3.63) is 45.7 Å². The maximum atomic E-state index is 11.1. The third kappa shape index (κ3) is 1.94. The van der Waals surface area contributed by atoms with Crippen LogP contribution in [0.3, 0.4) is 0 Å². The highest BCUT2D eigenvalue weighted by molar-refractivity contribution is 5.64. The summed E-state index contributed by atoms with van der Waals surface area (Å²) in [5.41, 5.74) is 4.29. The summed E-state index contributed by atoms with van der Waals surface area (Å²) in [7, 11) is 0. The average Bonchev–Trinajstić information content (AvgIpc) is 2.65. The number of H-pyrrole nitrogens is 2. The second-order valence-corrected chi connectivity index (χ2v) is 4.40. The van der Waals surface area contributed by atoms with Crippen LogP contribution in [0, 0.1) is 6.92 Å². The van der Waals surface area contributed by atoms with Gasteiger partial charge in [0.1, 0.15) is 0 Å². The molecule has 1 aromatic carbocycles. The number of aromatic amines is 2. The predicted octanol–water partition coefficient (Wildman–Crippen LogP) is 2.80. The Balaban J connectivity index is 2.55. The van der Waals surface area contributed by atoms with Crippen LogP contribution < -0.4 is 5.56 Å². The molecular weight excluding hydrogens is 200 g/mol. The van der Waals surface area contributed by atoms with Gasteiger partial charge in [0.2, 0.25) is 0 Å². The van der Waals surface area contributed by atoms with E-state index in [-0.39, 0.29) is 5.56 Å². The molecule has 0 radical (unpaired) electrons. The van der Waals surface area contributed by atoms with E-state index >= 15 is 0 Å². The Morgan fingerprint density at radius 1 is 1.12 bits per heavy atom. The Kier molecular flexibility index (Phi) is 2.69. The van der Waals surface area contributed by atoms with Crippen molar-refractivity contribution in [3.63, 3.8) is 0 Å². The minimum absolute atomic E-state index is 0.0932. The standard InChI is InChI=1S/C13H16N2O/c1-8(2)10-5-4-9(3)11(6-10)12-7-13(16)15-14-12/h4-8H,1-3H3,(H2,14,15,16). The SMILES string of the molecule is Cc1ccc(C(C)C)cc1-c1cc(=O)[nH][nH]1. The summed E-state index contributed by atoms with van der Waals surface area (Å²) in [6, 6.07) is 7.95. The summed E-state index contributed by atoms with van der Waals surface area (Å²) in [6.45, 7) is 6.37. The van der Waals surface area contributed by atoms with Gasteiger partial charge in [0.25, 0.3) is 5.56 Å². The van der Waals surface area contributed by atoms with Crippen LogP contribution >= 0.6 is 0 Å². The molecule has 3 heteroatoms. The largest absolute Gasteiger partial charge is 0.298 e. The molecule has 0 aliphatic rings. The molecule has 0 atom stereocenters.